The lowest BCUT2D eigenvalue weighted by atomic mass is 10.2. The highest BCUT2D eigenvalue weighted by atomic mass is 32.2. The molecule has 8 heteroatoms. The molecule has 1 aliphatic heterocycles. The molecule has 1 N–H and O–H groups in total. The Morgan fingerprint density at radius 2 is 1.89 bits per heavy atom. The molecule has 1 saturated carbocycles. The number of carbonyl (C=O) groups is 2. The maximum Gasteiger partial charge on any atom is 0.309 e. The van der Waals surface area contributed by atoms with Crippen LogP contribution in [-0.2, 0) is 24.3 Å². The number of nitrogens with zero attached hydrogens (tertiary/aromatic N) is 1. The lowest BCUT2D eigenvalue weighted by Gasteiger charge is -2.27. The highest BCUT2D eigenvalue weighted by Crippen LogP contribution is 2.38. The van der Waals surface area contributed by atoms with Crippen LogP contribution in [0.15, 0.2) is 23.1 Å². The SMILES string of the molecule is Cc1ccc(NC(=O)COC(=O)[C@@H]2C[C@@H]2C)c(S(=O)(=O)N2CCCCC2)c1. The highest BCUT2D eigenvalue weighted by Gasteiger charge is 2.40. The molecule has 1 amide bonds. The Morgan fingerprint density at radius 3 is 2.52 bits per heavy atom. The summed E-state index contributed by atoms with van der Waals surface area (Å²) in [6.45, 7) is 4.32. The number of hydrogen-bond acceptors (Lipinski definition) is 5. The van der Waals surface area contributed by atoms with Crippen LogP contribution in [0.5, 0.6) is 0 Å². The molecular weight excluding hydrogens is 368 g/mol. The van der Waals surface area contributed by atoms with Crippen molar-refractivity contribution >= 4 is 27.6 Å². The monoisotopic (exact) mass is 394 g/mol. The lowest BCUT2D eigenvalue weighted by molar-refractivity contribution is -0.148. The molecule has 2 aliphatic rings. The van der Waals surface area contributed by atoms with Gasteiger partial charge in [0.15, 0.2) is 6.61 Å². The quantitative estimate of drug-likeness (QED) is 0.748. The lowest BCUT2D eigenvalue weighted by Crippen LogP contribution is -2.36. The standard InChI is InChI=1S/C19H26N2O5S/c1-13-6-7-16(20-18(22)12-26-19(23)15-11-14(15)2)17(10-13)27(24,25)21-8-4-3-5-9-21/h6-7,10,14-15H,3-5,8-9,11-12H2,1-2H3,(H,20,22)/t14-,15+/m0/s1. The van der Waals surface area contributed by atoms with E-state index in [0.29, 0.717) is 19.0 Å². The van der Waals surface area contributed by atoms with E-state index in [4.69, 9.17) is 4.74 Å². The van der Waals surface area contributed by atoms with Gasteiger partial charge in [-0.3, -0.25) is 9.59 Å². The molecule has 0 bridgehead atoms. The fourth-order valence-electron chi connectivity index (χ4n) is 3.27. The van der Waals surface area contributed by atoms with E-state index in [0.717, 1.165) is 31.2 Å². The van der Waals surface area contributed by atoms with E-state index in [2.05, 4.69) is 5.32 Å². The Hall–Kier alpha value is -1.93. The summed E-state index contributed by atoms with van der Waals surface area (Å²) in [6, 6.07) is 4.88. The largest absolute Gasteiger partial charge is 0.455 e. The van der Waals surface area contributed by atoms with E-state index in [-0.39, 0.29) is 22.5 Å². The minimum atomic E-state index is -3.69. The van der Waals surface area contributed by atoms with E-state index in [1.807, 2.05) is 6.92 Å². The Labute approximate surface area is 160 Å². The summed E-state index contributed by atoms with van der Waals surface area (Å²) in [5.74, 6) is -0.732. The summed E-state index contributed by atoms with van der Waals surface area (Å²) in [5, 5.41) is 2.59. The van der Waals surface area contributed by atoms with Gasteiger partial charge < -0.3 is 10.1 Å². The van der Waals surface area contributed by atoms with E-state index in [1.165, 1.54) is 4.31 Å². The third-order valence-corrected chi connectivity index (χ3v) is 7.04. The maximum absolute atomic E-state index is 13.0. The molecule has 0 aromatic heterocycles. The number of piperidine rings is 1. The first-order valence-electron chi connectivity index (χ1n) is 9.36. The van der Waals surface area contributed by atoms with Crippen molar-refractivity contribution in [1.29, 1.82) is 0 Å². The third kappa shape index (κ3) is 4.68. The molecule has 2 fully saturated rings. The maximum atomic E-state index is 13.0. The Bertz CT molecular complexity index is 831. The molecule has 0 spiro atoms. The van der Waals surface area contributed by atoms with Crippen LogP contribution in [-0.4, -0.2) is 44.3 Å². The summed E-state index contributed by atoms with van der Waals surface area (Å²) < 4.78 is 32.6. The molecular formula is C19H26N2O5S. The molecule has 27 heavy (non-hydrogen) atoms. The van der Waals surface area contributed by atoms with Gasteiger partial charge in [-0.2, -0.15) is 4.31 Å². The predicted molar refractivity (Wildman–Crippen MR) is 101 cm³/mol. The summed E-state index contributed by atoms with van der Waals surface area (Å²) in [4.78, 5) is 24.0. The molecule has 1 aromatic rings. The van der Waals surface area contributed by atoms with E-state index in [9.17, 15) is 18.0 Å². The van der Waals surface area contributed by atoms with E-state index in [1.54, 1.807) is 25.1 Å². The first-order valence-corrected chi connectivity index (χ1v) is 10.8. The minimum absolute atomic E-state index is 0.0832. The molecule has 1 aliphatic carbocycles. The summed E-state index contributed by atoms with van der Waals surface area (Å²) in [6.07, 6.45) is 3.48. The molecule has 148 valence electrons. The number of benzene rings is 1. The zero-order valence-corrected chi connectivity index (χ0v) is 16.5. The van der Waals surface area contributed by atoms with Gasteiger partial charge in [0.1, 0.15) is 4.90 Å². The average molecular weight is 394 g/mol. The second kappa shape index (κ2) is 7.98. The van der Waals surface area contributed by atoms with Crippen LogP contribution in [0, 0.1) is 18.8 Å². The summed E-state index contributed by atoms with van der Waals surface area (Å²) in [7, 11) is -3.69. The number of rotatable bonds is 6. The van der Waals surface area contributed by atoms with Gasteiger partial charge in [-0.1, -0.05) is 19.4 Å². The van der Waals surface area contributed by atoms with Gasteiger partial charge in [-0.15, -0.1) is 0 Å². The molecule has 0 unspecified atom stereocenters. The van der Waals surface area contributed by atoms with E-state index < -0.39 is 22.5 Å². The van der Waals surface area contributed by atoms with Gasteiger partial charge in [0, 0.05) is 13.1 Å². The van der Waals surface area contributed by atoms with Gasteiger partial charge in [-0.05, 0) is 49.8 Å². The van der Waals surface area contributed by atoms with Crippen LogP contribution >= 0.6 is 0 Å². The minimum Gasteiger partial charge on any atom is -0.455 e. The van der Waals surface area contributed by atoms with Crippen molar-refractivity contribution in [3.8, 4) is 0 Å². The van der Waals surface area contributed by atoms with Gasteiger partial charge >= 0.3 is 5.97 Å². The number of amides is 1. The molecule has 1 heterocycles. The van der Waals surface area contributed by atoms with Crippen molar-refractivity contribution in [2.45, 2.75) is 44.4 Å². The second-order valence-corrected chi connectivity index (χ2v) is 9.35. The van der Waals surface area contributed by atoms with Crippen LogP contribution < -0.4 is 5.32 Å². The first kappa shape index (κ1) is 19.8. The molecule has 0 radical (unpaired) electrons. The zero-order valence-electron chi connectivity index (χ0n) is 15.7. The van der Waals surface area contributed by atoms with Crippen molar-refractivity contribution in [2.24, 2.45) is 11.8 Å². The van der Waals surface area contributed by atoms with Crippen molar-refractivity contribution in [3.63, 3.8) is 0 Å². The number of aryl methyl sites for hydroxylation is 1. The molecule has 1 saturated heterocycles. The number of anilines is 1. The molecule has 1 aromatic carbocycles. The van der Waals surface area contributed by atoms with Crippen molar-refractivity contribution in [1.82, 2.24) is 4.31 Å². The predicted octanol–water partition coefficient (Wildman–Crippen LogP) is 2.31. The number of sulfonamides is 1. The zero-order chi connectivity index (χ0) is 19.6. The summed E-state index contributed by atoms with van der Waals surface area (Å²) in [5.41, 5.74) is 1.00. The van der Waals surface area contributed by atoms with Crippen molar-refractivity contribution in [3.05, 3.63) is 23.8 Å². The highest BCUT2D eigenvalue weighted by molar-refractivity contribution is 7.89. The van der Waals surface area contributed by atoms with Gasteiger partial charge in [0.2, 0.25) is 10.0 Å². The van der Waals surface area contributed by atoms with Gasteiger partial charge in [0.05, 0.1) is 11.6 Å². The van der Waals surface area contributed by atoms with E-state index >= 15 is 0 Å². The Balaban J connectivity index is 1.71. The van der Waals surface area contributed by atoms with Gasteiger partial charge in [-0.25, -0.2) is 8.42 Å². The van der Waals surface area contributed by atoms with Crippen LogP contribution in [0.3, 0.4) is 0 Å². The summed E-state index contributed by atoms with van der Waals surface area (Å²) >= 11 is 0. The number of esters is 1. The van der Waals surface area contributed by atoms with Crippen LogP contribution in [0.25, 0.3) is 0 Å². The fourth-order valence-corrected chi connectivity index (χ4v) is 5.02. The topological polar surface area (TPSA) is 92.8 Å². The van der Waals surface area contributed by atoms with Gasteiger partial charge in [0.25, 0.3) is 5.91 Å². The first-order chi connectivity index (χ1) is 12.8. The van der Waals surface area contributed by atoms with Crippen LogP contribution in [0.4, 0.5) is 5.69 Å². The van der Waals surface area contributed by atoms with Crippen molar-refractivity contribution < 1.29 is 22.7 Å². The Morgan fingerprint density at radius 1 is 1.22 bits per heavy atom. The van der Waals surface area contributed by atoms with Crippen LogP contribution in [0.1, 0.15) is 38.2 Å². The number of nitrogens with one attached hydrogen (secondary N) is 1. The molecule has 2 atom stereocenters. The van der Waals surface area contributed by atoms with Crippen LogP contribution in [0.2, 0.25) is 0 Å². The number of carbonyl (C=O) groups excluding carboxylic acids is 2. The second-order valence-electron chi connectivity index (χ2n) is 7.44. The smallest absolute Gasteiger partial charge is 0.309 e. The number of hydrogen-bond donors (Lipinski definition) is 1. The average Bonchev–Trinajstić information content (AvgIpc) is 3.38. The molecule has 3 rings (SSSR count). The number of ether oxygens (including phenoxy) is 1. The third-order valence-electron chi connectivity index (χ3n) is 5.10. The molecule has 7 nitrogen and oxygen atoms in total. The fraction of sp³-hybridized carbons (Fsp3) is 0.579. The Kier molecular flexibility index (Phi) is 5.86. The normalized spacial score (nSPS) is 22.9. The van der Waals surface area contributed by atoms with Crippen molar-refractivity contribution in [2.75, 3.05) is 25.0 Å².